The molecule has 1 atom stereocenters. The van der Waals surface area contributed by atoms with E-state index in [4.69, 9.17) is 9.84 Å². The van der Waals surface area contributed by atoms with Crippen LogP contribution in [0.5, 0.6) is 0 Å². The van der Waals surface area contributed by atoms with E-state index in [9.17, 15) is 9.59 Å². The first-order chi connectivity index (χ1) is 7.07. The van der Waals surface area contributed by atoms with E-state index >= 15 is 0 Å². The van der Waals surface area contributed by atoms with E-state index in [0.29, 0.717) is 19.6 Å². The van der Waals surface area contributed by atoms with Crippen LogP contribution in [0.4, 0.5) is 0 Å². The van der Waals surface area contributed by atoms with Gasteiger partial charge in [-0.25, -0.2) is 0 Å². The van der Waals surface area contributed by atoms with E-state index in [2.05, 4.69) is 10.6 Å². The van der Waals surface area contributed by atoms with Gasteiger partial charge in [0.1, 0.15) is 0 Å². The van der Waals surface area contributed by atoms with Gasteiger partial charge in [-0.15, -0.1) is 0 Å². The summed E-state index contributed by atoms with van der Waals surface area (Å²) >= 11 is 0. The van der Waals surface area contributed by atoms with Crippen molar-refractivity contribution in [3.05, 3.63) is 0 Å². The van der Waals surface area contributed by atoms with Crippen molar-refractivity contribution in [3.8, 4) is 0 Å². The Labute approximate surface area is 89.0 Å². The number of ether oxygens (including phenoxy) is 1. The average Bonchev–Trinajstić information content (AvgIpc) is 2.20. The minimum atomic E-state index is -0.728. The lowest BCUT2D eigenvalue weighted by molar-refractivity contribution is -0.139. The van der Waals surface area contributed by atoms with Crippen LogP contribution in [-0.2, 0) is 14.3 Å². The van der Waals surface area contributed by atoms with Crippen molar-refractivity contribution in [2.24, 2.45) is 0 Å². The first-order valence-electron chi connectivity index (χ1n) is 4.81. The second kappa shape index (κ2) is 8.19. The molecular formula is C9H18N2O4. The summed E-state index contributed by atoms with van der Waals surface area (Å²) in [5.74, 6) is -1.42. The third-order valence-electron chi connectivity index (χ3n) is 1.58. The highest BCUT2D eigenvalue weighted by Gasteiger charge is 2.12. The summed E-state index contributed by atoms with van der Waals surface area (Å²) in [6.07, 6.45) is 0.00147. The van der Waals surface area contributed by atoms with Gasteiger partial charge in [-0.05, 0) is 13.3 Å². The van der Waals surface area contributed by atoms with E-state index in [1.165, 1.54) is 6.92 Å². The molecule has 0 saturated heterocycles. The summed E-state index contributed by atoms with van der Waals surface area (Å²) < 4.78 is 4.78. The zero-order valence-corrected chi connectivity index (χ0v) is 9.08. The van der Waals surface area contributed by atoms with Crippen molar-refractivity contribution in [3.63, 3.8) is 0 Å². The number of carbonyl (C=O) groups is 2. The van der Waals surface area contributed by atoms with Crippen molar-refractivity contribution in [1.29, 1.82) is 0 Å². The molecule has 2 amide bonds. The number of amides is 2. The summed E-state index contributed by atoms with van der Waals surface area (Å²) in [7, 11) is 1.57. The van der Waals surface area contributed by atoms with Gasteiger partial charge in [0.05, 0.1) is 6.10 Å². The number of carbonyl (C=O) groups excluding carboxylic acids is 2. The van der Waals surface area contributed by atoms with Crippen LogP contribution in [0.3, 0.4) is 0 Å². The van der Waals surface area contributed by atoms with Gasteiger partial charge in [0, 0.05) is 26.8 Å². The summed E-state index contributed by atoms with van der Waals surface area (Å²) in [6.45, 7) is 2.53. The van der Waals surface area contributed by atoms with Crippen LogP contribution in [0.2, 0.25) is 0 Å². The maximum Gasteiger partial charge on any atom is 0.309 e. The van der Waals surface area contributed by atoms with Crippen molar-refractivity contribution in [2.45, 2.75) is 19.4 Å². The van der Waals surface area contributed by atoms with Gasteiger partial charge in [0.25, 0.3) is 0 Å². The van der Waals surface area contributed by atoms with Gasteiger partial charge >= 0.3 is 11.8 Å². The third-order valence-corrected chi connectivity index (χ3v) is 1.58. The Bertz CT molecular complexity index is 206. The van der Waals surface area contributed by atoms with E-state index < -0.39 is 17.9 Å². The van der Waals surface area contributed by atoms with Crippen LogP contribution >= 0.6 is 0 Å². The SMILES string of the molecule is COCCCNC(=O)C(=O)NCC(C)O. The summed E-state index contributed by atoms with van der Waals surface area (Å²) in [5, 5.41) is 13.6. The molecule has 0 aromatic carbocycles. The number of methoxy groups -OCH3 is 1. The molecular weight excluding hydrogens is 200 g/mol. The molecule has 88 valence electrons. The lowest BCUT2D eigenvalue weighted by atomic mass is 10.4. The molecule has 1 unspecified atom stereocenters. The molecule has 6 nitrogen and oxygen atoms in total. The Balaban J connectivity index is 3.56. The fourth-order valence-corrected chi connectivity index (χ4v) is 0.819. The largest absolute Gasteiger partial charge is 0.392 e. The minimum Gasteiger partial charge on any atom is -0.392 e. The summed E-state index contributed by atoms with van der Waals surface area (Å²) in [6, 6.07) is 0. The highest BCUT2D eigenvalue weighted by atomic mass is 16.5. The molecule has 15 heavy (non-hydrogen) atoms. The van der Waals surface area contributed by atoms with Gasteiger partial charge in [-0.1, -0.05) is 0 Å². The molecule has 3 N–H and O–H groups in total. The van der Waals surface area contributed by atoms with Crippen molar-refractivity contribution < 1.29 is 19.4 Å². The Morgan fingerprint density at radius 1 is 1.33 bits per heavy atom. The van der Waals surface area contributed by atoms with Gasteiger partial charge < -0.3 is 20.5 Å². The van der Waals surface area contributed by atoms with Gasteiger partial charge in [0.2, 0.25) is 0 Å². The quantitative estimate of drug-likeness (QED) is 0.379. The van der Waals surface area contributed by atoms with Gasteiger partial charge in [0.15, 0.2) is 0 Å². The normalized spacial score (nSPS) is 11.9. The monoisotopic (exact) mass is 218 g/mol. The number of nitrogens with one attached hydrogen (secondary N) is 2. The number of hydrogen-bond acceptors (Lipinski definition) is 4. The lowest BCUT2D eigenvalue weighted by Gasteiger charge is -2.07. The minimum absolute atomic E-state index is 0.0737. The lowest BCUT2D eigenvalue weighted by Crippen LogP contribution is -2.42. The topological polar surface area (TPSA) is 87.7 Å². The highest BCUT2D eigenvalue weighted by molar-refractivity contribution is 6.35. The molecule has 0 radical (unpaired) electrons. The predicted molar refractivity (Wildman–Crippen MR) is 54.2 cm³/mol. The first-order valence-corrected chi connectivity index (χ1v) is 4.81. The molecule has 0 aromatic heterocycles. The number of aliphatic hydroxyl groups is 1. The Morgan fingerprint density at radius 2 is 1.93 bits per heavy atom. The maximum atomic E-state index is 11.1. The van der Waals surface area contributed by atoms with Crippen molar-refractivity contribution in [1.82, 2.24) is 10.6 Å². The number of hydrogen-bond donors (Lipinski definition) is 3. The van der Waals surface area contributed by atoms with Crippen LogP contribution in [0.25, 0.3) is 0 Å². The van der Waals surface area contributed by atoms with Crippen LogP contribution in [0.1, 0.15) is 13.3 Å². The smallest absolute Gasteiger partial charge is 0.309 e. The molecule has 0 heterocycles. The summed E-state index contributed by atoms with van der Waals surface area (Å²) in [4.78, 5) is 22.1. The molecule has 0 bridgehead atoms. The summed E-state index contributed by atoms with van der Waals surface area (Å²) in [5.41, 5.74) is 0. The second-order valence-corrected chi connectivity index (χ2v) is 3.16. The molecule has 0 aliphatic rings. The molecule has 0 aliphatic carbocycles. The van der Waals surface area contributed by atoms with Crippen LogP contribution < -0.4 is 10.6 Å². The van der Waals surface area contributed by atoms with Gasteiger partial charge in [-0.3, -0.25) is 9.59 Å². The Hall–Kier alpha value is -1.14. The Morgan fingerprint density at radius 3 is 2.47 bits per heavy atom. The van der Waals surface area contributed by atoms with Crippen LogP contribution in [0.15, 0.2) is 0 Å². The second-order valence-electron chi connectivity index (χ2n) is 3.16. The van der Waals surface area contributed by atoms with Gasteiger partial charge in [-0.2, -0.15) is 0 Å². The fraction of sp³-hybridized carbons (Fsp3) is 0.778. The molecule has 0 aliphatic heterocycles. The molecule has 0 rings (SSSR count). The van der Waals surface area contributed by atoms with E-state index in [0.717, 1.165) is 0 Å². The number of rotatable bonds is 6. The number of aliphatic hydroxyl groups excluding tert-OH is 1. The van der Waals surface area contributed by atoms with Crippen LogP contribution in [0, 0.1) is 0 Å². The fourth-order valence-electron chi connectivity index (χ4n) is 0.819. The maximum absolute atomic E-state index is 11.1. The molecule has 6 heteroatoms. The zero-order chi connectivity index (χ0) is 11.7. The Kier molecular flexibility index (Phi) is 7.57. The third kappa shape index (κ3) is 7.90. The molecule has 0 fully saturated rings. The van der Waals surface area contributed by atoms with E-state index in [-0.39, 0.29) is 6.54 Å². The van der Waals surface area contributed by atoms with E-state index in [1.54, 1.807) is 7.11 Å². The van der Waals surface area contributed by atoms with Crippen molar-refractivity contribution in [2.75, 3.05) is 26.8 Å². The van der Waals surface area contributed by atoms with E-state index in [1.807, 2.05) is 0 Å². The molecule has 0 aromatic rings. The molecule has 0 saturated carbocycles. The molecule has 0 spiro atoms. The predicted octanol–water partition coefficient (Wildman–Crippen LogP) is -1.36. The van der Waals surface area contributed by atoms with Crippen LogP contribution in [-0.4, -0.2) is 49.8 Å². The average molecular weight is 218 g/mol. The highest BCUT2D eigenvalue weighted by Crippen LogP contribution is 1.79. The standard InChI is InChI=1S/C9H18N2O4/c1-7(12)6-11-9(14)8(13)10-4-3-5-15-2/h7,12H,3-6H2,1-2H3,(H,10,13)(H,11,14). The van der Waals surface area contributed by atoms with Crippen molar-refractivity contribution >= 4 is 11.8 Å². The zero-order valence-electron chi connectivity index (χ0n) is 9.08. The first kappa shape index (κ1) is 13.9.